The van der Waals surface area contributed by atoms with E-state index in [0.717, 1.165) is 6.42 Å². The number of hydrogen-bond acceptors (Lipinski definition) is 3. The fourth-order valence-electron chi connectivity index (χ4n) is 1.87. The van der Waals surface area contributed by atoms with E-state index in [4.69, 9.17) is 4.42 Å². The van der Waals surface area contributed by atoms with Gasteiger partial charge in [-0.25, -0.2) is 0 Å². The van der Waals surface area contributed by atoms with Crippen LogP contribution in [0.5, 0.6) is 0 Å². The van der Waals surface area contributed by atoms with Gasteiger partial charge in [-0.05, 0) is 33.3 Å². The third-order valence-corrected chi connectivity index (χ3v) is 2.67. The molecule has 20 heavy (non-hydrogen) atoms. The van der Waals surface area contributed by atoms with E-state index in [-0.39, 0.29) is 17.4 Å². The van der Waals surface area contributed by atoms with E-state index in [1.165, 1.54) is 12.5 Å². The minimum absolute atomic E-state index is 0.0430. The second-order valence-electron chi connectivity index (χ2n) is 5.85. The molecular weight excluding hydrogens is 256 g/mol. The molecule has 0 bridgehead atoms. The number of rotatable bonds is 6. The number of nitrogens with zero attached hydrogens (tertiary/aromatic N) is 1. The van der Waals surface area contributed by atoms with Crippen LogP contribution in [0.3, 0.4) is 0 Å². The van der Waals surface area contributed by atoms with Crippen LogP contribution < -0.4 is 5.32 Å². The average Bonchev–Trinajstić information content (AvgIpc) is 2.85. The largest absolute Gasteiger partial charge is 0.472 e. The lowest BCUT2D eigenvalue weighted by molar-refractivity contribution is -0.122. The number of amides is 2. The molecule has 0 aromatic carbocycles. The Labute approximate surface area is 120 Å². The summed E-state index contributed by atoms with van der Waals surface area (Å²) in [6.45, 7) is 8.86. The topological polar surface area (TPSA) is 62.6 Å². The third kappa shape index (κ3) is 5.47. The predicted molar refractivity (Wildman–Crippen MR) is 77.4 cm³/mol. The van der Waals surface area contributed by atoms with Crippen molar-refractivity contribution in [2.45, 2.75) is 46.1 Å². The number of nitrogens with one attached hydrogen (secondary N) is 1. The Hall–Kier alpha value is -1.78. The van der Waals surface area contributed by atoms with Crippen molar-refractivity contribution in [3.8, 4) is 0 Å². The van der Waals surface area contributed by atoms with Crippen LogP contribution in [0.1, 0.15) is 50.9 Å². The van der Waals surface area contributed by atoms with E-state index < -0.39 is 0 Å². The van der Waals surface area contributed by atoms with Crippen LogP contribution in [0.2, 0.25) is 0 Å². The summed E-state index contributed by atoms with van der Waals surface area (Å²) in [5.74, 6) is -0.136. The maximum absolute atomic E-state index is 12.2. The Bertz CT molecular complexity index is 432. The summed E-state index contributed by atoms with van der Waals surface area (Å²) < 4.78 is 4.93. The Morgan fingerprint density at radius 1 is 1.30 bits per heavy atom. The van der Waals surface area contributed by atoms with Gasteiger partial charge >= 0.3 is 0 Å². The van der Waals surface area contributed by atoms with Crippen LogP contribution in [0.25, 0.3) is 0 Å². The summed E-state index contributed by atoms with van der Waals surface area (Å²) in [6, 6.07) is 1.64. The van der Waals surface area contributed by atoms with Gasteiger partial charge in [0.15, 0.2) is 0 Å². The quantitative estimate of drug-likeness (QED) is 0.870. The van der Waals surface area contributed by atoms with E-state index >= 15 is 0 Å². The summed E-state index contributed by atoms with van der Waals surface area (Å²) in [5, 5.41) is 2.89. The van der Waals surface area contributed by atoms with Gasteiger partial charge in [-0.15, -0.1) is 0 Å². The highest BCUT2D eigenvalue weighted by atomic mass is 16.3. The van der Waals surface area contributed by atoms with Gasteiger partial charge in [0.1, 0.15) is 6.26 Å². The van der Waals surface area contributed by atoms with Crippen molar-refractivity contribution in [2.75, 3.05) is 13.1 Å². The minimum atomic E-state index is -0.249. The molecule has 112 valence electrons. The molecule has 0 unspecified atom stereocenters. The monoisotopic (exact) mass is 280 g/mol. The molecule has 1 aromatic heterocycles. The Balaban J connectivity index is 2.55. The molecule has 0 aliphatic carbocycles. The maximum atomic E-state index is 12.2. The zero-order chi connectivity index (χ0) is 15.2. The molecule has 0 aliphatic heterocycles. The highest BCUT2D eigenvalue weighted by Crippen LogP contribution is 2.08. The standard InChI is InChI=1S/C15H24N2O3/c1-5-8-17(14(19)12-7-10-20-11-12)9-6-13(18)16-15(2,3)4/h7,10-11H,5-6,8-9H2,1-4H3,(H,16,18). The van der Waals surface area contributed by atoms with Gasteiger partial charge in [-0.2, -0.15) is 0 Å². The van der Waals surface area contributed by atoms with E-state index in [1.54, 1.807) is 11.0 Å². The zero-order valence-corrected chi connectivity index (χ0v) is 12.7. The first-order chi connectivity index (χ1) is 9.33. The lowest BCUT2D eigenvalue weighted by atomic mass is 10.1. The molecule has 0 aliphatic rings. The number of carbonyl (C=O) groups is 2. The Morgan fingerprint density at radius 2 is 2.00 bits per heavy atom. The highest BCUT2D eigenvalue weighted by molar-refractivity contribution is 5.94. The molecule has 5 heteroatoms. The number of hydrogen-bond donors (Lipinski definition) is 1. The van der Waals surface area contributed by atoms with Gasteiger partial charge in [0.2, 0.25) is 5.91 Å². The second kappa shape index (κ2) is 7.12. The van der Waals surface area contributed by atoms with Crippen LogP contribution in [-0.2, 0) is 4.79 Å². The molecule has 0 spiro atoms. The second-order valence-corrected chi connectivity index (χ2v) is 5.85. The summed E-state index contributed by atoms with van der Waals surface area (Å²) in [5.41, 5.74) is 0.274. The first-order valence-corrected chi connectivity index (χ1v) is 6.96. The molecule has 0 radical (unpaired) electrons. The fourth-order valence-corrected chi connectivity index (χ4v) is 1.87. The van der Waals surface area contributed by atoms with Crippen molar-refractivity contribution in [1.29, 1.82) is 0 Å². The van der Waals surface area contributed by atoms with Crippen molar-refractivity contribution in [3.63, 3.8) is 0 Å². The normalized spacial score (nSPS) is 11.2. The first kappa shape index (κ1) is 16.3. The van der Waals surface area contributed by atoms with Crippen molar-refractivity contribution in [3.05, 3.63) is 24.2 Å². The molecule has 5 nitrogen and oxygen atoms in total. The first-order valence-electron chi connectivity index (χ1n) is 6.96. The van der Waals surface area contributed by atoms with Crippen LogP contribution in [-0.4, -0.2) is 35.3 Å². The molecule has 0 atom stereocenters. The molecule has 0 saturated heterocycles. The predicted octanol–water partition coefficient (Wildman–Crippen LogP) is 2.44. The molecule has 0 fully saturated rings. The minimum Gasteiger partial charge on any atom is -0.472 e. The van der Waals surface area contributed by atoms with Gasteiger partial charge in [-0.1, -0.05) is 6.92 Å². The van der Waals surface area contributed by atoms with Crippen LogP contribution >= 0.6 is 0 Å². The molecule has 1 rings (SSSR count). The van der Waals surface area contributed by atoms with E-state index in [1.807, 2.05) is 27.7 Å². The summed E-state index contributed by atoms with van der Waals surface area (Å²) in [7, 11) is 0. The van der Waals surface area contributed by atoms with E-state index in [9.17, 15) is 9.59 Å². The maximum Gasteiger partial charge on any atom is 0.257 e. The van der Waals surface area contributed by atoms with Crippen molar-refractivity contribution in [2.24, 2.45) is 0 Å². The van der Waals surface area contributed by atoms with Crippen molar-refractivity contribution < 1.29 is 14.0 Å². The van der Waals surface area contributed by atoms with Gasteiger partial charge in [-0.3, -0.25) is 9.59 Å². The lowest BCUT2D eigenvalue weighted by Gasteiger charge is -2.24. The van der Waals surface area contributed by atoms with E-state index in [2.05, 4.69) is 5.32 Å². The van der Waals surface area contributed by atoms with E-state index in [0.29, 0.717) is 25.1 Å². The summed E-state index contributed by atoms with van der Waals surface area (Å²) in [4.78, 5) is 25.7. The third-order valence-electron chi connectivity index (χ3n) is 2.67. The summed E-state index contributed by atoms with van der Waals surface area (Å²) >= 11 is 0. The molecule has 1 heterocycles. The Morgan fingerprint density at radius 3 is 2.50 bits per heavy atom. The molecular formula is C15H24N2O3. The van der Waals surface area contributed by atoms with Crippen LogP contribution in [0, 0.1) is 0 Å². The summed E-state index contributed by atoms with van der Waals surface area (Å²) in [6.07, 6.45) is 4.06. The molecule has 1 aromatic rings. The van der Waals surface area contributed by atoms with Gasteiger partial charge in [0.25, 0.3) is 5.91 Å². The van der Waals surface area contributed by atoms with Gasteiger partial charge in [0, 0.05) is 25.0 Å². The van der Waals surface area contributed by atoms with Gasteiger partial charge in [0.05, 0.1) is 11.8 Å². The number of furan rings is 1. The fraction of sp³-hybridized carbons (Fsp3) is 0.600. The van der Waals surface area contributed by atoms with Crippen LogP contribution in [0.4, 0.5) is 0 Å². The highest BCUT2D eigenvalue weighted by Gasteiger charge is 2.19. The van der Waals surface area contributed by atoms with Crippen molar-refractivity contribution >= 4 is 11.8 Å². The molecule has 2 amide bonds. The molecule has 1 N–H and O–H groups in total. The number of carbonyl (C=O) groups excluding carboxylic acids is 2. The Kier molecular flexibility index (Phi) is 5.80. The van der Waals surface area contributed by atoms with Gasteiger partial charge < -0.3 is 14.6 Å². The zero-order valence-electron chi connectivity index (χ0n) is 12.7. The van der Waals surface area contributed by atoms with Crippen molar-refractivity contribution in [1.82, 2.24) is 10.2 Å². The SMILES string of the molecule is CCCN(CCC(=O)NC(C)(C)C)C(=O)c1ccoc1. The molecule has 0 saturated carbocycles. The average molecular weight is 280 g/mol. The smallest absolute Gasteiger partial charge is 0.257 e. The van der Waals surface area contributed by atoms with Crippen LogP contribution in [0.15, 0.2) is 23.0 Å². The lowest BCUT2D eigenvalue weighted by Crippen LogP contribution is -2.42.